The summed E-state index contributed by atoms with van der Waals surface area (Å²) in [6.07, 6.45) is -0.609. The Kier molecular flexibility index (Phi) is 7.53. The second-order valence-corrected chi connectivity index (χ2v) is 9.66. The molecule has 0 bridgehead atoms. The van der Waals surface area contributed by atoms with Gasteiger partial charge >= 0.3 is 6.03 Å². The number of allylic oxidation sites excluding steroid dienone is 1. The summed E-state index contributed by atoms with van der Waals surface area (Å²) in [6.45, 7) is 12.2. The molecule has 1 aliphatic heterocycles. The van der Waals surface area contributed by atoms with Crippen LogP contribution in [-0.4, -0.2) is 31.2 Å². The summed E-state index contributed by atoms with van der Waals surface area (Å²) in [5, 5.41) is 5.93. The smallest absolute Gasteiger partial charge is 0.319 e. The molecule has 37 heavy (non-hydrogen) atoms. The first kappa shape index (κ1) is 25.8. The zero-order chi connectivity index (χ0) is 26.6. The van der Waals surface area contributed by atoms with Gasteiger partial charge in [0.2, 0.25) is 0 Å². The van der Waals surface area contributed by atoms with Crippen molar-refractivity contribution in [2.75, 3.05) is 23.4 Å². The third-order valence-electron chi connectivity index (χ3n) is 6.26. The van der Waals surface area contributed by atoms with Gasteiger partial charge in [-0.15, -0.1) is 0 Å². The van der Waals surface area contributed by atoms with Crippen molar-refractivity contribution in [3.63, 3.8) is 0 Å². The number of carbonyl (C=O) groups excluding carboxylic acids is 2. The summed E-state index contributed by atoms with van der Waals surface area (Å²) in [5.41, 5.74) is 3.46. The highest BCUT2D eigenvalue weighted by molar-refractivity contribution is 6.01. The first-order valence-electron chi connectivity index (χ1n) is 12.3. The lowest BCUT2D eigenvalue weighted by Crippen LogP contribution is -2.46. The van der Waals surface area contributed by atoms with Crippen LogP contribution in [0, 0.1) is 0 Å². The van der Waals surface area contributed by atoms with E-state index in [-0.39, 0.29) is 11.9 Å². The maximum absolute atomic E-state index is 12.9. The lowest BCUT2D eigenvalue weighted by molar-refractivity contribution is -0.125. The number of amides is 3. The number of carbonyl (C=O) groups is 2. The number of benzene rings is 3. The van der Waals surface area contributed by atoms with Crippen LogP contribution in [-0.2, 0) is 10.3 Å². The van der Waals surface area contributed by atoms with E-state index >= 15 is 0 Å². The van der Waals surface area contributed by atoms with Crippen molar-refractivity contribution in [3.8, 4) is 11.5 Å². The van der Waals surface area contributed by atoms with Gasteiger partial charge in [-0.3, -0.25) is 4.79 Å². The molecule has 3 aromatic rings. The molecule has 7 heteroatoms. The Balaban J connectivity index is 1.47. The van der Waals surface area contributed by atoms with Crippen molar-refractivity contribution in [2.45, 2.75) is 39.3 Å². The maximum atomic E-state index is 12.9. The SMILES string of the molecule is C=C(C)c1cccc(C(C)(C)NC(=O)Nc2ccc3c(c2)N(CCOc2ccccc2)C(=O)C(C)O3)c1. The molecule has 0 saturated carbocycles. The normalized spacial score (nSPS) is 14.9. The van der Waals surface area contributed by atoms with Crippen LogP contribution in [0.2, 0.25) is 0 Å². The Labute approximate surface area is 218 Å². The van der Waals surface area contributed by atoms with Crippen LogP contribution < -0.4 is 25.0 Å². The minimum atomic E-state index is -0.626. The zero-order valence-corrected chi connectivity index (χ0v) is 21.7. The minimum Gasteiger partial charge on any atom is -0.492 e. The van der Waals surface area contributed by atoms with Crippen LogP contribution in [0.1, 0.15) is 38.8 Å². The Bertz CT molecular complexity index is 1300. The first-order valence-corrected chi connectivity index (χ1v) is 12.3. The van der Waals surface area contributed by atoms with Crippen LogP contribution in [0.3, 0.4) is 0 Å². The molecule has 0 aromatic heterocycles. The minimum absolute atomic E-state index is 0.163. The first-order chi connectivity index (χ1) is 17.6. The lowest BCUT2D eigenvalue weighted by atomic mass is 9.92. The fraction of sp³-hybridized carbons (Fsp3) is 0.267. The number of nitrogens with zero attached hydrogens (tertiary/aromatic N) is 1. The molecule has 1 atom stereocenters. The number of rotatable bonds is 8. The van der Waals surface area contributed by atoms with Gasteiger partial charge in [-0.1, -0.05) is 48.6 Å². The summed E-state index contributed by atoms with van der Waals surface area (Å²) in [7, 11) is 0. The van der Waals surface area contributed by atoms with E-state index < -0.39 is 11.6 Å². The summed E-state index contributed by atoms with van der Waals surface area (Å²) >= 11 is 0. The number of nitrogens with one attached hydrogen (secondary N) is 2. The van der Waals surface area contributed by atoms with E-state index in [1.807, 2.05) is 75.4 Å². The highest BCUT2D eigenvalue weighted by Crippen LogP contribution is 2.36. The van der Waals surface area contributed by atoms with Crippen LogP contribution in [0.15, 0.2) is 79.4 Å². The van der Waals surface area contributed by atoms with E-state index in [2.05, 4.69) is 17.2 Å². The molecule has 7 nitrogen and oxygen atoms in total. The molecule has 192 valence electrons. The third-order valence-corrected chi connectivity index (χ3v) is 6.26. The van der Waals surface area contributed by atoms with E-state index in [4.69, 9.17) is 9.47 Å². The summed E-state index contributed by atoms with van der Waals surface area (Å²) in [4.78, 5) is 27.5. The Morgan fingerprint density at radius 1 is 1.08 bits per heavy atom. The van der Waals surface area contributed by atoms with Crippen LogP contribution in [0.25, 0.3) is 5.57 Å². The van der Waals surface area contributed by atoms with Crippen LogP contribution in [0.5, 0.6) is 11.5 Å². The molecule has 1 aliphatic rings. The molecule has 2 N–H and O–H groups in total. The molecule has 4 rings (SSSR count). The van der Waals surface area contributed by atoms with Gasteiger partial charge in [0.1, 0.15) is 18.1 Å². The zero-order valence-electron chi connectivity index (χ0n) is 21.7. The van der Waals surface area contributed by atoms with Crippen molar-refractivity contribution < 1.29 is 19.1 Å². The van der Waals surface area contributed by atoms with E-state index in [1.165, 1.54) is 0 Å². The van der Waals surface area contributed by atoms with Crippen molar-refractivity contribution in [2.24, 2.45) is 0 Å². The second-order valence-electron chi connectivity index (χ2n) is 9.66. The quantitative estimate of drug-likeness (QED) is 0.400. The lowest BCUT2D eigenvalue weighted by Gasteiger charge is -2.33. The second kappa shape index (κ2) is 10.8. The molecule has 3 aromatic carbocycles. The standard InChI is InChI=1S/C30H33N3O4/c1-20(2)22-10-9-11-23(18-22)30(4,5)32-29(35)31-24-14-15-27-26(19-24)33(28(34)21(3)37-27)16-17-36-25-12-7-6-8-13-25/h6-15,18-19,21H,1,16-17H2,2-5H3,(H2,31,32,35). The molecular formula is C30H33N3O4. The predicted octanol–water partition coefficient (Wildman–Crippen LogP) is 5.97. The van der Waals surface area contributed by atoms with Gasteiger partial charge in [0.15, 0.2) is 6.10 Å². The van der Waals surface area contributed by atoms with Gasteiger partial charge in [0.25, 0.3) is 5.91 Å². The Morgan fingerprint density at radius 3 is 2.57 bits per heavy atom. The number of fused-ring (bicyclic) bond motifs is 1. The number of anilines is 2. The number of urea groups is 1. The molecule has 3 amide bonds. The van der Waals surface area contributed by atoms with Crippen LogP contribution in [0.4, 0.5) is 16.2 Å². The maximum Gasteiger partial charge on any atom is 0.319 e. The molecule has 0 fully saturated rings. The highest BCUT2D eigenvalue weighted by atomic mass is 16.5. The highest BCUT2D eigenvalue weighted by Gasteiger charge is 2.32. The predicted molar refractivity (Wildman–Crippen MR) is 147 cm³/mol. The fourth-order valence-electron chi connectivity index (χ4n) is 4.18. The Morgan fingerprint density at radius 2 is 1.84 bits per heavy atom. The molecular weight excluding hydrogens is 466 g/mol. The van der Waals surface area contributed by atoms with Gasteiger partial charge in [-0.05, 0) is 75.2 Å². The van der Waals surface area contributed by atoms with Gasteiger partial charge in [-0.2, -0.15) is 0 Å². The van der Waals surface area contributed by atoms with Crippen LogP contribution >= 0.6 is 0 Å². The van der Waals surface area contributed by atoms with Crippen molar-refractivity contribution in [1.82, 2.24) is 5.32 Å². The molecule has 1 unspecified atom stereocenters. The molecule has 0 aliphatic carbocycles. The monoisotopic (exact) mass is 499 g/mol. The molecule has 0 spiro atoms. The van der Waals surface area contributed by atoms with E-state index in [9.17, 15) is 9.59 Å². The number of para-hydroxylation sites is 1. The van der Waals surface area contributed by atoms with Gasteiger partial charge < -0.3 is 25.0 Å². The van der Waals surface area contributed by atoms with Gasteiger partial charge in [-0.25, -0.2) is 4.79 Å². The summed E-state index contributed by atoms with van der Waals surface area (Å²) < 4.78 is 11.6. The summed E-state index contributed by atoms with van der Waals surface area (Å²) in [5.74, 6) is 1.15. The van der Waals surface area contributed by atoms with Crippen molar-refractivity contribution >= 4 is 28.9 Å². The molecule has 1 heterocycles. The van der Waals surface area contributed by atoms with Gasteiger partial charge in [0, 0.05) is 5.69 Å². The summed E-state index contributed by atoms with van der Waals surface area (Å²) in [6, 6.07) is 22.3. The Hall–Kier alpha value is -4.26. The third kappa shape index (κ3) is 6.12. The topological polar surface area (TPSA) is 79.9 Å². The van der Waals surface area contributed by atoms with E-state index in [1.54, 1.807) is 30.0 Å². The van der Waals surface area contributed by atoms with E-state index in [0.29, 0.717) is 30.3 Å². The van der Waals surface area contributed by atoms with Gasteiger partial charge in [0.05, 0.1) is 17.8 Å². The van der Waals surface area contributed by atoms with E-state index in [0.717, 1.165) is 22.4 Å². The average Bonchev–Trinajstić information content (AvgIpc) is 2.87. The largest absolute Gasteiger partial charge is 0.492 e. The molecule has 0 radical (unpaired) electrons. The van der Waals surface area contributed by atoms with Crippen molar-refractivity contribution in [1.29, 1.82) is 0 Å². The number of ether oxygens (including phenoxy) is 2. The number of hydrogen-bond donors (Lipinski definition) is 2. The number of hydrogen-bond acceptors (Lipinski definition) is 4. The molecule has 0 saturated heterocycles. The average molecular weight is 500 g/mol. The fourth-order valence-corrected chi connectivity index (χ4v) is 4.18. The van der Waals surface area contributed by atoms with Crippen molar-refractivity contribution in [3.05, 3.63) is 90.5 Å².